The van der Waals surface area contributed by atoms with Crippen molar-refractivity contribution in [2.24, 2.45) is 34.8 Å². The SMILES string of the molecule is CC[C@H](C)[C@H](NC(=O)[C@H](CCC(=O)O)NC(=O)[C@H](CC(N)=O)NC(=O)[C@H](CC(C)C)NC(=O)[C@H](C)N)C(=O)N[C@@H](CC(N)=O)C(=O)N[C@@H](CCC(N)=O)C(=O)N[C@@H](Cc1ccccc1)C(=O)N[C@@H](Cc1ccc(O)cc1)C(=O)O. The normalized spacial score (nSPS) is 14.8. The van der Waals surface area contributed by atoms with Crippen LogP contribution in [0.2, 0.25) is 0 Å². The van der Waals surface area contributed by atoms with Gasteiger partial charge in [-0.05, 0) is 61.3 Å². The first-order valence-corrected chi connectivity index (χ1v) is 25.3. The summed E-state index contributed by atoms with van der Waals surface area (Å²) in [6.45, 7) is 7.95. The summed E-state index contributed by atoms with van der Waals surface area (Å²) in [7, 11) is 0. The third-order valence-corrected chi connectivity index (χ3v) is 12.1. The molecule has 0 aliphatic heterocycles. The number of carbonyl (C=O) groups is 13. The molecular weight excluding hydrogens is 1040 g/mol. The number of phenolic OH excluding ortho intramolecular Hbond substituents is 1. The van der Waals surface area contributed by atoms with Gasteiger partial charge in [-0.3, -0.25) is 57.5 Å². The van der Waals surface area contributed by atoms with Gasteiger partial charge in [-0.25, -0.2) is 4.79 Å². The second-order valence-electron chi connectivity index (χ2n) is 19.4. The molecule has 0 bridgehead atoms. The van der Waals surface area contributed by atoms with Crippen LogP contribution in [0.3, 0.4) is 0 Å². The molecule has 0 unspecified atom stereocenters. The molecule has 2 aromatic rings. The predicted octanol–water partition coefficient (Wildman–Crippen LogP) is -3.54. The van der Waals surface area contributed by atoms with Gasteiger partial charge in [-0.2, -0.15) is 0 Å². The van der Waals surface area contributed by atoms with E-state index in [-0.39, 0.29) is 37.4 Å². The fraction of sp³-hybridized carbons (Fsp3) is 0.510. The molecule has 28 nitrogen and oxygen atoms in total. The first kappa shape index (κ1) is 66.4. The third-order valence-electron chi connectivity index (χ3n) is 12.1. The van der Waals surface area contributed by atoms with Gasteiger partial charge in [0, 0.05) is 25.7 Å². The maximum atomic E-state index is 14.2. The van der Waals surface area contributed by atoms with E-state index in [0.717, 1.165) is 0 Å². The fourth-order valence-corrected chi connectivity index (χ4v) is 7.62. The summed E-state index contributed by atoms with van der Waals surface area (Å²) in [5, 5.41) is 48.3. The van der Waals surface area contributed by atoms with Crippen molar-refractivity contribution in [1.82, 2.24) is 42.5 Å². The lowest BCUT2D eigenvalue weighted by molar-refractivity contribution is -0.142. The highest BCUT2D eigenvalue weighted by molar-refractivity contribution is 6.00. The van der Waals surface area contributed by atoms with Gasteiger partial charge in [-0.15, -0.1) is 0 Å². The van der Waals surface area contributed by atoms with Gasteiger partial charge in [0.2, 0.25) is 65.0 Å². The quantitative estimate of drug-likeness (QED) is 0.0318. The van der Waals surface area contributed by atoms with Crippen molar-refractivity contribution >= 4 is 76.9 Å². The highest BCUT2D eigenvalue weighted by Gasteiger charge is 2.37. The number of carboxylic acid groups (broad SMARTS) is 2. The minimum Gasteiger partial charge on any atom is -0.508 e. The lowest BCUT2D eigenvalue weighted by Gasteiger charge is -2.29. The molecule has 0 aliphatic carbocycles. The van der Waals surface area contributed by atoms with Crippen molar-refractivity contribution < 1.29 is 77.6 Å². The standard InChI is InChI=1S/C51H74N12O16/c1-6-26(4)42(63-45(72)32(17-19-41(68)69)57-48(75)35(23-39(54)66)60-46(73)33(20-25(2)3)58-43(70)27(5)52)50(77)61-36(24-40(55)67)49(76)56-31(16-18-38(53)65)44(71)59-34(21-28-10-8-7-9-11-28)47(74)62-37(51(78)79)22-29-12-14-30(64)15-13-29/h7-15,25-27,31-37,42,64H,6,16-24,52H2,1-5H3,(H2,53,65)(H2,54,66)(H2,55,67)(H,56,76)(H,57,75)(H,58,70)(H,59,71)(H,60,73)(H,61,77)(H,62,74)(H,63,72)(H,68,69)(H,78,79)/t26-,27-,31-,32-,33-,34-,35-,36-,37-,42-/m0/s1. The molecule has 0 radical (unpaired) electrons. The fourth-order valence-electron chi connectivity index (χ4n) is 7.62. The zero-order valence-electron chi connectivity index (χ0n) is 44.6. The van der Waals surface area contributed by atoms with Gasteiger partial charge < -0.3 is 80.8 Å². The second kappa shape index (κ2) is 32.8. The van der Waals surface area contributed by atoms with Crippen LogP contribution in [-0.4, -0.2) is 147 Å². The first-order chi connectivity index (χ1) is 37.0. The first-order valence-electron chi connectivity index (χ1n) is 25.3. The Hall–Kier alpha value is -8.69. The Morgan fingerprint density at radius 2 is 0.873 bits per heavy atom. The highest BCUT2D eigenvalue weighted by Crippen LogP contribution is 2.15. The molecule has 79 heavy (non-hydrogen) atoms. The Morgan fingerprint density at radius 3 is 1.34 bits per heavy atom. The number of hydrogen-bond acceptors (Lipinski definition) is 15. The zero-order chi connectivity index (χ0) is 59.7. The molecule has 28 heteroatoms. The largest absolute Gasteiger partial charge is 0.508 e. The number of phenols is 1. The number of amides is 11. The van der Waals surface area contributed by atoms with Crippen LogP contribution in [0.5, 0.6) is 5.75 Å². The van der Waals surface area contributed by atoms with Gasteiger partial charge in [0.25, 0.3) is 0 Å². The average molecular weight is 1110 g/mol. The number of primary amides is 3. The van der Waals surface area contributed by atoms with E-state index in [9.17, 15) is 77.6 Å². The van der Waals surface area contributed by atoms with E-state index in [0.29, 0.717) is 11.1 Å². The summed E-state index contributed by atoms with van der Waals surface area (Å²) < 4.78 is 0. The predicted molar refractivity (Wildman–Crippen MR) is 281 cm³/mol. The number of nitrogens with one attached hydrogen (secondary N) is 8. The van der Waals surface area contributed by atoms with Crippen LogP contribution in [0, 0.1) is 11.8 Å². The van der Waals surface area contributed by atoms with Gasteiger partial charge in [0.15, 0.2) is 0 Å². The highest BCUT2D eigenvalue weighted by atomic mass is 16.4. The van der Waals surface area contributed by atoms with Crippen molar-refractivity contribution in [3.8, 4) is 5.75 Å². The summed E-state index contributed by atoms with van der Waals surface area (Å²) in [4.78, 5) is 171. The maximum Gasteiger partial charge on any atom is 0.326 e. The van der Waals surface area contributed by atoms with E-state index >= 15 is 0 Å². The maximum absolute atomic E-state index is 14.2. The van der Waals surface area contributed by atoms with Gasteiger partial charge in [-0.1, -0.05) is 76.6 Å². The van der Waals surface area contributed by atoms with E-state index in [4.69, 9.17) is 22.9 Å². The summed E-state index contributed by atoms with van der Waals surface area (Å²) in [6, 6.07) is -0.425. The van der Waals surface area contributed by atoms with Crippen LogP contribution in [0.4, 0.5) is 0 Å². The number of carbonyl (C=O) groups excluding carboxylic acids is 11. The van der Waals surface area contributed by atoms with Crippen molar-refractivity contribution in [3.63, 3.8) is 0 Å². The molecule has 0 saturated heterocycles. The Kier molecular flexibility index (Phi) is 27.6. The van der Waals surface area contributed by atoms with E-state index < -0.39 is 176 Å². The molecule has 10 atom stereocenters. The Labute approximate surface area is 455 Å². The summed E-state index contributed by atoms with van der Waals surface area (Å²) in [5.41, 5.74) is 22.9. The molecule has 0 aliphatic rings. The van der Waals surface area contributed by atoms with Gasteiger partial charge >= 0.3 is 11.9 Å². The minimum absolute atomic E-state index is 0.0594. The molecule has 19 N–H and O–H groups in total. The lowest BCUT2D eigenvalue weighted by Crippen LogP contribution is -2.61. The molecule has 0 saturated carbocycles. The number of nitrogens with two attached hydrogens (primary N) is 4. The van der Waals surface area contributed by atoms with E-state index in [1.54, 1.807) is 51.1 Å². The van der Waals surface area contributed by atoms with E-state index in [2.05, 4.69) is 42.5 Å². The van der Waals surface area contributed by atoms with Crippen LogP contribution >= 0.6 is 0 Å². The van der Waals surface area contributed by atoms with Crippen LogP contribution in [0.15, 0.2) is 54.6 Å². The second-order valence-corrected chi connectivity index (χ2v) is 19.4. The molecule has 0 heterocycles. The summed E-state index contributed by atoms with van der Waals surface area (Å²) in [5.74, 6) is -15.5. The Morgan fingerprint density at radius 1 is 0.468 bits per heavy atom. The lowest BCUT2D eigenvalue weighted by atomic mass is 9.96. The summed E-state index contributed by atoms with van der Waals surface area (Å²) in [6.07, 6.45) is -4.39. The Balaban J connectivity index is 2.48. The topological polar surface area (TPSA) is 483 Å². The van der Waals surface area contributed by atoms with E-state index in [1.165, 1.54) is 38.1 Å². The zero-order valence-corrected chi connectivity index (χ0v) is 44.6. The van der Waals surface area contributed by atoms with Crippen molar-refractivity contribution in [2.45, 2.75) is 153 Å². The minimum atomic E-state index is -1.91. The third kappa shape index (κ3) is 24.5. The Bertz CT molecular complexity index is 2490. The molecule has 2 aromatic carbocycles. The smallest absolute Gasteiger partial charge is 0.326 e. The molecule has 0 spiro atoms. The van der Waals surface area contributed by atoms with Crippen molar-refractivity contribution in [3.05, 3.63) is 65.7 Å². The number of aromatic hydroxyl groups is 1. The molecule has 2 rings (SSSR count). The van der Waals surface area contributed by atoms with Crippen LogP contribution in [0.25, 0.3) is 0 Å². The number of hydrogen-bond donors (Lipinski definition) is 15. The van der Waals surface area contributed by atoms with Crippen molar-refractivity contribution in [1.29, 1.82) is 0 Å². The average Bonchev–Trinajstić information content (AvgIpc) is 3.36. The molecule has 0 aromatic heterocycles. The number of carboxylic acids is 2. The van der Waals surface area contributed by atoms with Crippen LogP contribution < -0.4 is 65.5 Å². The number of benzene rings is 2. The van der Waals surface area contributed by atoms with E-state index in [1.807, 2.05) is 0 Å². The number of aliphatic carboxylic acids is 2. The van der Waals surface area contributed by atoms with Crippen LogP contribution in [-0.2, 0) is 75.2 Å². The van der Waals surface area contributed by atoms with Crippen molar-refractivity contribution in [2.75, 3.05) is 0 Å². The van der Waals surface area contributed by atoms with Gasteiger partial charge in [0.1, 0.15) is 54.1 Å². The van der Waals surface area contributed by atoms with Crippen LogP contribution in [0.1, 0.15) is 97.1 Å². The molecular formula is C51H74N12O16. The molecule has 434 valence electrons. The molecule has 11 amide bonds. The summed E-state index contributed by atoms with van der Waals surface area (Å²) >= 11 is 0. The number of rotatable bonds is 35. The molecule has 0 fully saturated rings. The monoisotopic (exact) mass is 1110 g/mol. The van der Waals surface area contributed by atoms with Gasteiger partial charge in [0.05, 0.1) is 18.9 Å².